The molecule has 0 bridgehead atoms. The minimum atomic E-state index is -0.893. The molecule has 0 saturated carbocycles. The second-order valence-corrected chi connectivity index (χ2v) is 5.85. The molecule has 0 fully saturated rings. The average molecular weight is 375 g/mol. The van der Waals surface area contributed by atoms with E-state index in [2.05, 4.69) is 15.9 Å². The Kier molecular flexibility index (Phi) is 4.44. The molecular weight excluding hydrogens is 362 g/mol. The van der Waals surface area contributed by atoms with Crippen LogP contribution >= 0.6 is 15.9 Å². The first-order valence-electron chi connectivity index (χ1n) is 6.99. The number of para-hydroxylation sites is 1. The summed E-state index contributed by atoms with van der Waals surface area (Å²) in [4.78, 5) is 0. The largest absolute Gasteiger partial charge is 0.495 e. The summed E-state index contributed by atoms with van der Waals surface area (Å²) >= 11 is 3.30. The molecule has 0 unspecified atom stereocenters. The van der Waals surface area contributed by atoms with Crippen LogP contribution in [0, 0.1) is 11.6 Å². The molecule has 4 heteroatoms. The van der Waals surface area contributed by atoms with E-state index in [1.807, 2.05) is 48.5 Å². The standard InChI is InChI=1S/C19H13BrF2O/c1-23-19-13(12-6-3-2-4-7-12)8-5-9-14(19)15-10-17(21)18(22)11-16(15)20/h2-11H,1H3. The Morgan fingerprint density at radius 1 is 0.783 bits per heavy atom. The van der Waals surface area contributed by atoms with Crippen LogP contribution in [0.5, 0.6) is 5.75 Å². The number of halogens is 3. The molecule has 0 spiro atoms. The van der Waals surface area contributed by atoms with E-state index in [9.17, 15) is 8.78 Å². The highest BCUT2D eigenvalue weighted by molar-refractivity contribution is 9.10. The summed E-state index contributed by atoms with van der Waals surface area (Å²) in [6.45, 7) is 0. The Balaban J connectivity index is 2.24. The third-order valence-electron chi connectivity index (χ3n) is 3.60. The first-order valence-corrected chi connectivity index (χ1v) is 7.78. The molecule has 0 saturated heterocycles. The van der Waals surface area contributed by atoms with Gasteiger partial charge in [-0.15, -0.1) is 0 Å². The fourth-order valence-electron chi connectivity index (χ4n) is 2.54. The zero-order valence-electron chi connectivity index (χ0n) is 12.3. The monoisotopic (exact) mass is 374 g/mol. The second kappa shape index (κ2) is 6.50. The highest BCUT2D eigenvalue weighted by Crippen LogP contribution is 2.41. The van der Waals surface area contributed by atoms with Crippen molar-refractivity contribution >= 4 is 15.9 Å². The van der Waals surface area contributed by atoms with Crippen LogP contribution in [0.2, 0.25) is 0 Å². The Hall–Kier alpha value is -2.20. The first-order chi connectivity index (χ1) is 11.1. The summed E-state index contributed by atoms with van der Waals surface area (Å²) in [5.74, 6) is -1.17. The minimum Gasteiger partial charge on any atom is -0.495 e. The molecule has 0 aliphatic heterocycles. The molecular formula is C19H13BrF2O. The first kappa shape index (κ1) is 15.7. The van der Waals surface area contributed by atoms with E-state index in [4.69, 9.17) is 4.74 Å². The quantitative estimate of drug-likeness (QED) is 0.505. The van der Waals surface area contributed by atoms with Crippen LogP contribution in [0.4, 0.5) is 8.78 Å². The van der Waals surface area contributed by atoms with Gasteiger partial charge < -0.3 is 4.74 Å². The molecule has 0 radical (unpaired) electrons. The van der Waals surface area contributed by atoms with Crippen LogP contribution in [0.3, 0.4) is 0 Å². The van der Waals surface area contributed by atoms with Gasteiger partial charge in [-0.1, -0.05) is 64.5 Å². The van der Waals surface area contributed by atoms with E-state index < -0.39 is 11.6 Å². The molecule has 0 aromatic heterocycles. The lowest BCUT2D eigenvalue weighted by Gasteiger charge is -2.15. The molecule has 3 aromatic carbocycles. The maximum Gasteiger partial charge on any atom is 0.159 e. The number of ether oxygens (including phenoxy) is 1. The molecule has 23 heavy (non-hydrogen) atoms. The van der Waals surface area contributed by atoms with Gasteiger partial charge in [0.05, 0.1) is 7.11 Å². The number of hydrogen-bond acceptors (Lipinski definition) is 1. The SMILES string of the molecule is COc1c(-c2ccccc2)cccc1-c1cc(F)c(F)cc1Br. The lowest BCUT2D eigenvalue weighted by molar-refractivity contribution is 0.418. The van der Waals surface area contributed by atoms with Crippen molar-refractivity contribution in [3.63, 3.8) is 0 Å². The summed E-state index contributed by atoms with van der Waals surface area (Å²) in [7, 11) is 1.57. The van der Waals surface area contributed by atoms with Gasteiger partial charge in [-0.3, -0.25) is 0 Å². The Bertz CT molecular complexity index is 847. The van der Waals surface area contributed by atoms with Crippen molar-refractivity contribution in [2.45, 2.75) is 0 Å². The summed E-state index contributed by atoms with van der Waals surface area (Å²) in [5, 5.41) is 0. The molecule has 0 heterocycles. The van der Waals surface area contributed by atoms with Crippen LogP contribution in [0.25, 0.3) is 22.3 Å². The summed E-state index contributed by atoms with van der Waals surface area (Å²) in [6, 6.07) is 17.7. The minimum absolute atomic E-state index is 0.472. The lowest BCUT2D eigenvalue weighted by Crippen LogP contribution is -1.94. The van der Waals surface area contributed by atoms with E-state index in [1.54, 1.807) is 7.11 Å². The van der Waals surface area contributed by atoms with Gasteiger partial charge in [0.15, 0.2) is 11.6 Å². The van der Waals surface area contributed by atoms with Crippen LogP contribution in [0.1, 0.15) is 0 Å². The number of benzene rings is 3. The van der Waals surface area contributed by atoms with Gasteiger partial charge in [0.2, 0.25) is 0 Å². The predicted octanol–water partition coefficient (Wildman–Crippen LogP) is 6.07. The maximum absolute atomic E-state index is 13.7. The highest BCUT2D eigenvalue weighted by atomic mass is 79.9. The number of methoxy groups -OCH3 is 1. The van der Waals surface area contributed by atoms with Crippen LogP contribution in [-0.4, -0.2) is 7.11 Å². The molecule has 3 aromatic rings. The Morgan fingerprint density at radius 2 is 1.43 bits per heavy atom. The van der Waals surface area contributed by atoms with Gasteiger partial charge in [0, 0.05) is 21.2 Å². The van der Waals surface area contributed by atoms with Crippen molar-refractivity contribution in [1.82, 2.24) is 0 Å². The van der Waals surface area contributed by atoms with Crippen molar-refractivity contribution in [2.75, 3.05) is 7.11 Å². The maximum atomic E-state index is 13.7. The lowest BCUT2D eigenvalue weighted by atomic mass is 9.97. The Labute approximate surface area is 141 Å². The van der Waals surface area contributed by atoms with Crippen molar-refractivity contribution in [1.29, 1.82) is 0 Å². The summed E-state index contributed by atoms with van der Waals surface area (Å²) in [5.41, 5.74) is 3.12. The molecule has 0 atom stereocenters. The van der Waals surface area contributed by atoms with Crippen molar-refractivity contribution in [2.24, 2.45) is 0 Å². The zero-order chi connectivity index (χ0) is 16.4. The van der Waals surface area contributed by atoms with Gasteiger partial charge in [-0.2, -0.15) is 0 Å². The third kappa shape index (κ3) is 2.99. The van der Waals surface area contributed by atoms with E-state index in [1.165, 1.54) is 6.07 Å². The molecule has 116 valence electrons. The molecule has 0 amide bonds. The normalized spacial score (nSPS) is 10.6. The van der Waals surface area contributed by atoms with Crippen LogP contribution < -0.4 is 4.74 Å². The fraction of sp³-hybridized carbons (Fsp3) is 0.0526. The fourth-order valence-corrected chi connectivity index (χ4v) is 3.07. The third-order valence-corrected chi connectivity index (χ3v) is 4.26. The predicted molar refractivity (Wildman–Crippen MR) is 91.5 cm³/mol. The van der Waals surface area contributed by atoms with Crippen molar-refractivity contribution in [3.8, 4) is 28.0 Å². The van der Waals surface area contributed by atoms with Gasteiger partial charge >= 0.3 is 0 Å². The average Bonchev–Trinajstić information content (AvgIpc) is 2.58. The van der Waals surface area contributed by atoms with Crippen molar-refractivity contribution < 1.29 is 13.5 Å². The molecule has 1 nitrogen and oxygen atoms in total. The van der Waals surface area contributed by atoms with Gasteiger partial charge in [-0.05, 0) is 17.7 Å². The van der Waals surface area contributed by atoms with E-state index in [0.29, 0.717) is 21.3 Å². The van der Waals surface area contributed by atoms with Crippen LogP contribution in [-0.2, 0) is 0 Å². The van der Waals surface area contributed by atoms with Crippen LogP contribution in [0.15, 0.2) is 65.1 Å². The second-order valence-electron chi connectivity index (χ2n) is 5.00. The Morgan fingerprint density at radius 3 is 2.13 bits per heavy atom. The van der Waals surface area contributed by atoms with Gasteiger partial charge in [-0.25, -0.2) is 8.78 Å². The number of rotatable bonds is 3. The van der Waals surface area contributed by atoms with Gasteiger partial charge in [0.1, 0.15) is 5.75 Å². The smallest absolute Gasteiger partial charge is 0.159 e. The summed E-state index contributed by atoms with van der Waals surface area (Å²) in [6.07, 6.45) is 0. The molecule has 0 aliphatic rings. The zero-order valence-corrected chi connectivity index (χ0v) is 13.9. The van der Waals surface area contributed by atoms with E-state index >= 15 is 0 Å². The van der Waals surface area contributed by atoms with Gasteiger partial charge in [0.25, 0.3) is 0 Å². The van der Waals surface area contributed by atoms with Crippen molar-refractivity contribution in [3.05, 3.63) is 76.8 Å². The number of hydrogen-bond donors (Lipinski definition) is 0. The highest BCUT2D eigenvalue weighted by Gasteiger charge is 2.16. The van der Waals surface area contributed by atoms with E-state index in [0.717, 1.165) is 17.2 Å². The molecule has 0 N–H and O–H groups in total. The summed E-state index contributed by atoms with van der Waals surface area (Å²) < 4.78 is 33.1. The molecule has 3 rings (SSSR count). The van der Waals surface area contributed by atoms with E-state index in [-0.39, 0.29) is 0 Å². The topological polar surface area (TPSA) is 9.23 Å². The molecule has 0 aliphatic carbocycles.